The lowest BCUT2D eigenvalue weighted by Gasteiger charge is -2.04. The molecule has 0 saturated carbocycles. The predicted octanol–water partition coefficient (Wildman–Crippen LogP) is 5.41. The van der Waals surface area contributed by atoms with Gasteiger partial charge in [0.1, 0.15) is 0 Å². The predicted molar refractivity (Wildman–Crippen MR) is 87.2 cm³/mol. The standard InChI is InChI=1S/C18H19BrO/c1-2-3-4-6-14-9-11-15(12-10-14)18(20)16-7-5-8-17(19)13-16/h5,7-13H,2-4,6H2,1H3. The zero-order chi connectivity index (χ0) is 14.4. The van der Waals surface area contributed by atoms with Crippen LogP contribution in [-0.2, 0) is 6.42 Å². The molecule has 0 aliphatic heterocycles. The minimum atomic E-state index is 0.0754. The summed E-state index contributed by atoms with van der Waals surface area (Å²) in [6.07, 6.45) is 4.81. The topological polar surface area (TPSA) is 17.1 Å². The minimum absolute atomic E-state index is 0.0754. The van der Waals surface area contributed by atoms with Gasteiger partial charge in [0.25, 0.3) is 0 Å². The maximum absolute atomic E-state index is 12.3. The van der Waals surface area contributed by atoms with Crippen molar-refractivity contribution in [1.29, 1.82) is 0 Å². The summed E-state index contributed by atoms with van der Waals surface area (Å²) in [4.78, 5) is 12.3. The van der Waals surface area contributed by atoms with Gasteiger partial charge in [-0.25, -0.2) is 0 Å². The first-order chi connectivity index (χ1) is 9.70. The molecule has 0 fully saturated rings. The van der Waals surface area contributed by atoms with E-state index in [-0.39, 0.29) is 5.78 Å². The molecule has 0 atom stereocenters. The Bertz CT molecular complexity index is 572. The Kier molecular flexibility index (Phi) is 5.54. The number of benzene rings is 2. The number of rotatable bonds is 6. The number of unbranched alkanes of at least 4 members (excludes halogenated alkanes) is 2. The molecule has 2 rings (SSSR count). The third-order valence-electron chi connectivity index (χ3n) is 3.37. The molecule has 0 radical (unpaired) electrons. The Labute approximate surface area is 129 Å². The van der Waals surface area contributed by atoms with E-state index in [0.29, 0.717) is 0 Å². The molecule has 0 amide bonds. The number of ketones is 1. The fourth-order valence-electron chi connectivity index (χ4n) is 2.20. The summed E-state index contributed by atoms with van der Waals surface area (Å²) in [5.41, 5.74) is 2.78. The van der Waals surface area contributed by atoms with E-state index in [2.05, 4.69) is 35.0 Å². The molecule has 2 aromatic rings. The highest BCUT2D eigenvalue weighted by molar-refractivity contribution is 9.10. The molecule has 0 bridgehead atoms. The van der Waals surface area contributed by atoms with Crippen LogP contribution >= 0.6 is 15.9 Å². The highest BCUT2D eigenvalue weighted by Gasteiger charge is 2.09. The lowest BCUT2D eigenvalue weighted by atomic mass is 10.0. The van der Waals surface area contributed by atoms with E-state index in [9.17, 15) is 4.79 Å². The molecule has 2 aromatic carbocycles. The average Bonchev–Trinajstić information content (AvgIpc) is 2.47. The second kappa shape index (κ2) is 7.39. The molecule has 0 N–H and O–H groups in total. The van der Waals surface area contributed by atoms with Crippen LogP contribution in [0.2, 0.25) is 0 Å². The summed E-state index contributed by atoms with van der Waals surface area (Å²) in [5.74, 6) is 0.0754. The van der Waals surface area contributed by atoms with E-state index in [4.69, 9.17) is 0 Å². The molecular weight excluding hydrogens is 312 g/mol. The molecular formula is C18H19BrO. The van der Waals surface area contributed by atoms with Crippen molar-refractivity contribution in [3.8, 4) is 0 Å². The molecule has 0 aliphatic carbocycles. The molecule has 0 heterocycles. The molecule has 0 saturated heterocycles. The van der Waals surface area contributed by atoms with E-state index >= 15 is 0 Å². The Balaban J connectivity index is 2.07. The summed E-state index contributed by atoms with van der Waals surface area (Å²) in [5, 5.41) is 0. The van der Waals surface area contributed by atoms with Crippen molar-refractivity contribution < 1.29 is 4.79 Å². The molecule has 0 aromatic heterocycles. The van der Waals surface area contributed by atoms with Crippen LogP contribution in [0, 0.1) is 0 Å². The molecule has 2 heteroatoms. The van der Waals surface area contributed by atoms with E-state index in [1.54, 1.807) is 0 Å². The van der Waals surface area contributed by atoms with Crippen LogP contribution in [0.5, 0.6) is 0 Å². The second-order valence-electron chi connectivity index (χ2n) is 4.99. The van der Waals surface area contributed by atoms with Crippen LogP contribution in [0.4, 0.5) is 0 Å². The maximum atomic E-state index is 12.3. The van der Waals surface area contributed by atoms with Gasteiger partial charge in [-0.2, -0.15) is 0 Å². The fraction of sp³-hybridized carbons (Fsp3) is 0.278. The van der Waals surface area contributed by atoms with Crippen molar-refractivity contribution >= 4 is 21.7 Å². The van der Waals surface area contributed by atoms with E-state index in [0.717, 1.165) is 22.0 Å². The van der Waals surface area contributed by atoms with Crippen molar-refractivity contribution in [3.63, 3.8) is 0 Å². The molecule has 1 nitrogen and oxygen atoms in total. The van der Waals surface area contributed by atoms with Crippen molar-refractivity contribution in [2.24, 2.45) is 0 Å². The third-order valence-corrected chi connectivity index (χ3v) is 3.87. The first kappa shape index (κ1) is 15.0. The summed E-state index contributed by atoms with van der Waals surface area (Å²) in [6, 6.07) is 15.5. The number of carbonyl (C=O) groups is 1. The summed E-state index contributed by atoms with van der Waals surface area (Å²) < 4.78 is 0.930. The van der Waals surface area contributed by atoms with Crippen LogP contribution < -0.4 is 0 Å². The second-order valence-corrected chi connectivity index (χ2v) is 5.91. The fourth-order valence-corrected chi connectivity index (χ4v) is 2.60. The summed E-state index contributed by atoms with van der Waals surface area (Å²) in [6.45, 7) is 2.21. The maximum Gasteiger partial charge on any atom is 0.193 e. The number of hydrogen-bond donors (Lipinski definition) is 0. The molecule has 20 heavy (non-hydrogen) atoms. The summed E-state index contributed by atoms with van der Waals surface area (Å²) in [7, 11) is 0. The van der Waals surface area contributed by atoms with Gasteiger partial charge in [-0.3, -0.25) is 4.79 Å². The Morgan fingerprint density at radius 3 is 2.40 bits per heavy atom. The SMILES string of the molecule is CCCCCc1ccc(C(=O)c2cccc(Br)c2)cc1. The Morgan fingerprint density at radius 1 is 1.00 bits per heavy atom. The van der Waals surface area contributed by atoms with Crippen molar-refractivity contribution in [2.45, 2.75) is 32.6 Å². The monoisotopic (exact) mass is 330 g/mol. The zero-order valence-electron chi connectivity index (χ0n) is 11.7. The lowest BCUT2D eigenvalue weighted by Crippen LogP contribution is -2.01. The largest absolute Gasteiger partial charge is 0.289 e. The van der Waals surface area contributed by atoms with Gasteiger partial charge in [0.15, 0.2) is 5.78 Å². The highest BCUT2D eigenvalue weighted by Crippen LogP contribution is 2.16. The van der Waals surface area contributed by atoms with Gasteiger partial charge in [0.05, 0.1) is 0 Å². The normalized spacial score (nSPS) is 10.5. The first-order valence-corrected chi connectivity index (χ1v) is 7.89. The van der Waals surface area contributed by atoms with E-state index < -0.39 is 0 Å². The van der Waals surface area contributed by atoms with E-state index in [1.807, 2.05) is 36.4 Å². The highest BCUT2D eigenvalue weighted by atomic mass is 79.9. The van der Waals surface area contributed by atoms with Crippen LogP contribution in [0.25, 0.3) is 0 Å². The van der Waals surface area contributed by atoms with Gasteiger partial charge < -0.3 is 0 Å². The lowest BCUT2D eigenvalue weighted by molar-refractivity contribution is 0.103. The smallest absolute Gasteiger partial charge is 0.193 e. The van der Waals surface area contributed by atoms with Crippen LogP contribution in [0.15, 0.2) is 53.0 Å². The van der Waals surface area contributed by atoms with Gasteiger partial charge in [-0.1, -0.05) is 72.1 Å². The van der Waals surface area contributed by atoms with E-state index in [1.165, 1.54) is 24.8 Å². The number of halogens is 1. The number of hydrogen-bond acceptors (Lipinski definition) is 1. The number of aryl methyl sites for hydroxylation is 1. The zero-order valence-corrected chi connectivity index (χ0v) is 13.3. The van der Waals surface area contributed by atoms with Crippen LogP contribution in [-0.4, -0.2) is 5.78 Å². The minimum Gasteiger partial charge on any atom is -0.289 e. The average molecular weight is 331 g/mol. The van der Waals surface area contributed by atoms with Crippen LogP contribution in [0.1, 0.15) is 47.7 Å². The first-order valence-electron chi connectivity index (χ1n) is 7.10. The van der Waals surface area contributed by atoms with Gasteiger partial charge in [-0.15, -0.1) is 0 Å². The third kappa shape index (κ3) is 4.04. The number of carbonyl (C=O) groups excluding carboxylic acids is 1. The van der Waals surface area contributed by atoms with Gasteiger partial charge in [0, 0.05) is 15.6 Å². The van der Waals surface area contributed by atoms with Gasteiger partial charge >= 0.3 is 0 Å². The molecule has 0 unspecified atom stereocenters. The van der Waals surface area contributed by atoms with Gasteiger partial charge in [0.2, 0.25) is 0 Å². The van der Waals surface area contributed by atoms with Crippen molar-refractivity contribution in [2.75, 3.05) is 0 Å². The Hall–Kier alpha value is -1.41. The Morgan fingerprint density at radius 2 is 1.75 bits per heavy atom. The molecule has 0 spiro atoms. The van der Waals surface area contributed by atoms with Crippen molar-refractivity contribution in [1.82, 2.24) is 0 Å². The molecule has 0 aliphatic rings. The quantitative estimate of drug-likeness (QED) is 0.511. The van der Waals surface area contributed by atoms with Gasteiger partial charge in [-0.05, 0) is 30.5 Å². The molecule has 104 valence electrons. The summed E-state index contributed by atoms with van der Waals surface area (Å²) >= 11 is 3.40. The van der Waals surface area contributed by atoms with Crippen LogP contribution in [0.3, 0.4) is 0 Å². The van der Waals surface area contributed by atoms with Crippen molar-refractivity contribution in [3.05, 3.63) is 69.7 Å².